The van der Waals surface area contributed by atoms with Gasteiger partial charge in [-0.25, -0.2) is 8.42 Å². The van der Waals surface area contributed by atoms with Gasteiger partial charge in [-0.3, -0.25) is 13.9 Å². The highest BCUT2D eigenvalue weighted by atomic mass is 32.2. The fourth-order valence-corrected chi connectivity index (χ4v) is 6.86. The van der Waals surface area contributed by atoms with E-state index >= 15 is 0 Å². The zero-order valence-corrected chi connectivity index (χ0v) is 28.9. The van der Waals surface area contributed by atoms with Crippen molar-refractivity contribution in [2.45, 2.75) is 58.5 Å². The van der Waals surface area contributed by atoms with Crippen molar-refractivity contribution in [2.75, 3.05) is 24.5 Å². The molecule has 4 aromatic rings. The third kappa shape index (κ3) is 9.23. The Morgan fingerprint density at radius 3 is 2.11 bits per heavy atom. The van der Waals surface area contributed by atoms with Gasteiger partial charge in [-0.2, -0.15) is 0 Å². The highest BCUT2D eigenvalue weighted by molar-refractivity contribution is 7.92. The Balaban J connectivity index is 1.83. The molecule has 0 radical (unpaired) electrons. The number of nitrogens with zero attached hydrogens (tertiary/aromatic N) is 2. The van der Waals surface area contributed by atoms with Crippen LogP contribution in [-0.4, -0.2) is 51.4 Å². The molecule has 0 aromatic heterocycles. The van der Waals surface area contributed by atoms with Gasteiger partial charge in [0.15, 0.2) is 0 Å². The highest BCUT2D eigenvalue weighted by Gasteiger charge is 2.35. The second-order valence-electron chi connectivity index (χ2n) is 12.3. The Morgan fingerprint density at radius 1 is 0.809 bits per heavy atom. The molecule has 248 valence electrons. The number of sulfonamides is 1. The van der Waals surface area contributed by atoms with Crippen LogP contribution in [0.5, 0.6) is 5.75 Å². The van der Waals surface area contributed by atoms with Crippen LogP contribution >= 0.6 is 0 Å². The van der Waals surface area contributed by atoms with E-state index in [1.54, 1.807) is 37.4 Å². The minimum absolute atomic E-state index is 0.0634. The number of hydrogen-bond acceptors (Lipinski definition) is 5. The fourth-order valence-electron chi connectivity index (χ4n) is 5.38. The van der Waals surface area contributed by atoms with E-state index in [0.717, 1.165) is 22.3 Å². The van der Waals surface area contributed by atoms with Gasteiger partial charge < -0.3 is 15.0 Å². The molecule has 2 amide bonds. The monoisotopic (exact) mass is 655 g/mol. The lowest BCUT2D eigenvalue weighted by Crippen LogP contribution is -2.53. The molecule has 8 nitrogen and oxygen atoms in total. The average Bonchev–Trinajstić information content (AvgIpc) is 3.05. The van der Waals surface area contributed by atoms with Gasteiger partial charge in [0.1, 0.15) is 18.3 Å². The van der Waals surface area contributed by atoms with Crippen molar-refractivity contribution in [3.63, 3.8) is 0 Å². The Hall–Kier alpha value is -4.63. The minimum atomic E-state index is -4.18. The van der Waals surface area contributed by atoms with Crippen molar-refractivity contribution >= 4 is 27.5 Å². The van der Waals surface area contributed by atoms with E-state index < -0.39 is 28.5 Å². The summed E-state index contributed by atoms with van der Waals surface area (Å²) >= 11 is 0. The highest BCUT2D eigenvalue weighted by Crippen LogP contribution is 2.29. The third-order valence-electron chi connectivity index (χ3n) is 7.95. The van der Waals surface area contributed by atoms with E-state index in [1.807, 2.05) is 101 Å². The van der Waals surface area contributed by atoms with Crippen LogP contribution in [0.25, 0.3) is 0 Å². The molecule has 0 saturated heterocycles. The number of rotatable bonds is 14. The number of benzene rings is 4. The summed E-state index contributed by atoms with van der Waals surface area (Å²) in [6.07, 6.45) is 0.245. The van der Waals surface area contributed by atoms with Crippen LogP contribution in [0.4, 0.5) is 5.69 Å². The summed E-state index contributed by atoms with van der Waals surface area (Å²) in [6, 6.07) is 27.9. The summed E-state index contributed by atoms with van der Waals surface area (Å²) in [6.45, 7) is 9.64. The number of ether oxygens (including phenoxy) is 1. The zero-order valence-electron chi connectivity index (χ0n) is 28.1. The first-order valence-electron chi connectivity index (χ1n) is 15.8. The lowest BCUT2D eigenvalue weighted by atomic mass is 10.0. The summed E-state index contributed by atoms with van der Waals surface area (Å²) in [4.78, 5) is 30.2. The molecule has 0 aliphatic carbocycles. The minimum Gasteiger partial charge on any atom is -0.497 e. The number of carbonyl (C=O) groups is 2. The maximum Gasteiger partial charge on any atom is 0.264 e. The summed E-state index contributed by atoms with van der Waals surface area (Å²) < 4.78 is 35.2. The van der Waals surface area contributed by atoms with Crippen LogP contribution < -0.4 is 14.4 Å². The summed E-state index contributed by atoms with van der Waals surface area (Å²) in [7, 11) is -2.61. The second kappa shape index (κ2) is 15.8. The fraction of sp³-hybridized carbons (Fsp3) is 0.316. The van der Waals surface area contributed by atoms with Crippen LogP contribution in [0.15, 0.2) is 102 Å². The number of anilines is 1. The van der Waals surface area contributed by atoms with Gasteiger partial charge in [0.2, 0.25) is 11.8 Å². The van der Waals surface area contributed by atoms with E-state index in [9.17, 15) is 18.0 Å². The average molecular weight is 656 g/mol. The molecule has 0 saturated carbocycles. The Kier molecular flexibility index (Phi) is 11.8. The van der Waals surface area contributed by atoms with Crippen LogP contribution in [0.3, 0.4) is 0 Å². The molecule has 47 heavy (non-hydrogen) atoms. The number of amides is 2. The molecule has 0 spiro atoms. The van der Waals surface area contributed by atoms with Crippen LogP contribution in [0, 0.1) is 26.7 Å². The number of nitrogens with one attached hydrogen (secondary N) is 1. The summed E-state index contributed by atoms with van der Waals surface area (Å²) in [5.74, 6) is -0.0153. The van der Waals surface area contributed by atoms with E-state index in [2.05, 4.69) is 5.32 Å². The van der Waals surface area contributed by atoms with Gasteiger partial charge in [0.05, 0.1) is 17.7 Å². The molecular weight excluding hydrogens is 611 g/mol. The van der Waals surface area contributed by atoms with Gasteiger partial charge in [-0.15, -0.1) is 0 Å². The summed E-state index contributed by atoms with van der Waals surface area (Å²) in [5.41, 5.74) is 4.61. The van der Waals surface area contributed by atoms with Crippen molar-refractivity contribution in [2.24, 2.45) is 5.92 Å². The number of methoxy groups -OCH3 is 1. The summed E-state index contributed by atoms with van der Waals surface area (Å²) in [5, 5.41) is 3.02. The van der Waals surface area contributed by atoms with Crippen LogP contribution in [0.1, 0.15) is 41.7 Å². The van der Waals surface area contributed by atoms with Gasteiger partial charge in [-0.1, -0.05) is 91.7 Å². The van der Waals surface area contributed by atoms with Crippen LogP contribution in [-0.2, 0) is 32.6 Å². The SMILES string of the molecule is COc1cccc(CN(C(=O)CN(c2ccc(C)cc2C)S(=O)(=O)c2ccc(C)cc2)C(Cc2ccccc2)C(=O)NCC(C)C)c1. The largest absolute Gasteiger partial charge is 0.497 e. The first-order valence-corrected chi connectivity index (χ1v) is 17.2. The van der Waals surface area contributed by atoms with Crippen LogP contribution in [0.2, 0.25) is 0 Å². The standard InChI is InChI=1S/C38H45N3O5S/c1-27(2)24-39-38(43)36(23-31-11-8-7-9-12-31)40(25-32-13-10-14-33(22-32)46-6)37(42)26-41(35-20-17-29(4)21-30(35)5)47(44,45)34-18-15-28(3)16-19-34/h7-22,27,36H,23-26H2,1-6H3,(H,39,43). The Labute approximate surface area is 279 Å². The molecule has 0 aliphatic rings. The van der Waals surface area contributed by atoms with Gasteiger partial charge in [0, 0.05) is 19.5 Å². The Bertz CT molecular complexity index is 1770. The molecule has 4 aromatic carbocycles. The normalized spacial score (nSPS) is 12.0. The Morgan fingerprint density at radius 2 is 1.47 bits per heavy atom. The van der Waals surface area contributed by atoms with Gasteiger partial charge >= 0.3 is 0 Å². The molecule has 0 bridgehead atoms. The van der Waals surface area contributed by atoms with E-state index in [1.165, 1.54) is 9.21 Å². The molecule has 9 heteroatoms. The predicted octanol–water partition coefficient (Wildman–Crippen LogP) is 6.23. The number of aryl methyl sites for hydroxylation is 3. The molecule has 0 heterocycles. The van der Waals surface area contributed by atoms with E-state index in [0.29, 0.717) is 23.5 Å². The maximum absolute atomic E-state index is 14.7. The van der Waals surface area contributed by atoms with E-state index in [-0.39, 0.29) is 29.7 Å². The first-order chi connectivity index (χ1) is 22.4. The van der Waals surface area contributed by atoms with Crippen molar-refractivity contribution in [1.29, 1.82) is 0 Å². The number of hydrogen-bond donors (Lipinski definition) is 1. The quantitative estimate of drug-likeness (QED) is 0.174. The lowest BCUT2D eigenvalue weighted by molar-refractivity contribution is -0.140. The van der Waals surface area contributed by atoms with E-state index in [4.69, 9.17) is 4.74 Å². The topological polar surface area (TPSA) is 96.0 Å². The zero-order chi connectivity index (χ0) is 34.1. The van der Waals surface area contributed by atoms with Crippen molar-refractivity contribution < 1.29 is 22.7 Å². The number of carbonyl (C=O) groups excluding carboxylic acids is 2. The second-order valence-corrected chi connectivity index (χ2v) is 14.2. The molecule has 1 atom stereocenters. The molecule has 4 rings (SSSR count). The lowest BCUT2D eigenvalue weighted by Gasteiger charge is -2.34. The maximum atomic E-state index is 14.7. The molecule has 1 unspecified atom stereocenters. The molecule has 0 fully saturated rings. The molecular formula is C38H45N3O5S. The smallest absolute Gasteiger partial charge is 0.264 e. The van der Waals surface area contributed by atoms with Gasteiger partial charge in [-0.05, 0) is 73.7 Å². The van der Waals surface area contributed by atoms with Crippen molar-refractivity contribution in [3.05, 3.63) is 125 Å². The first kappa shape index (κ1) is 35.2. The van der Waals surface area contributed by atoms with Gasteiger partial charge in [0.25, 0.3) is 10.0 Å². The third-order valence-corrected chi connectivity index (χ3v) is 9.73. The van der Waals surface area contributed by atoms with Crippen molar-refractivity contribution in [3.8, 4) is 5.75 Å². The molecule has 1 N–H and O–H groups in total. The molecule has 0 aliphatic heterocycles. The predicted molar refractivity (Wildman–Crippen MR) is 187 cm³/mol. The van der Waals surface area contributed by atoms with Crippen molar-refractivity contribution in [1.82, 2.24) is 10.2 Å².